The predicted molar refractivity (Wildman–Crippen MR) is 121 cm³/mol. The lowest BCUT2D eigenvalue weighted by Crippen LogP contribution is -2.35. The number of carbonyl (C=O) groups excluding carboxylic acids is 1. The maximum absolute atomic E-state index is 13.3. The number of nitrogens with zero attached hydrogens (tertiary/aromatic N) is 3. The van der Waals surface area contributed by atoms with Crippen LogP contribution in [-0.4, -0.2) is 25.1 Å². The molecule has 0 aliphatic rings. The number of rotatable bonds is 6. The van der Waals surface area contributed by atoms with E-state index in [1.165, 1.54) is 30.0 Å². The third-order valence-corrected chi connectivity index (χ3v) is 5.39. The van der Waals surface area contributed by atoms with Gasteiger partial charge in [0.15, 0.2) is 0 Å². The average Bonchev–Trinajstić information content (AvgIpc) is 3.19. The van der Waals surface area contributed by atoms with Crippen LogP contribution in [0.2, 0.25) is 0 Å². The Balaban J connectivity index is 1.99. The molecule has 0 saturated carbocycles. The Labute approximate surface area is 194 Å². The molecule has 3 rings (SSSR count). The molecule has 1 unspecified atom stereocenters. The molecule has 2 aromatic heterocycles. The van der Waals surface area contributed by atoms with Crippen LogP contribution in [0.3, 0.4) is 0 Å². The molecule has 34 heavy (non-hydrogen) atoms. The van der Waals surface area contributed by atoms with Crippen LogP contribution < -0.4 is 10.9 Å². The first-order valence-corrected chi connectivity index (χ1v) is 10.5. The minimum Gasteiger partial charge on any atom is -0.508 e. The first-order chi connectivity index (χ1) is 15.9. The Bertz CT molecular complexity index is 1310. The Hall–Kier alpha value is -3.82. The first kappa shape index (κ1) is 24.8. The van der Waals surface area contributed by atoms with Gasteiger partial charge in [0.2, 0.25) is 0 Å². The first-order valence-electron chi connectivity index (χ1n) is 10.5. The average molecular weight is 474 g/mol. The lowest BCUT2D eigenvalue weighted by atomic mass is 10.0. The van der Waals surface area contributed by atoms with Gasteiger partial charge in [-0.3, -0.25) is 14.2 Å². The Kier molecular flexibility index (Phi) is 6.99. The second-order valence-electron chi connectivity index (χ2n) is 8.06. The Morgan fingerprint density at radius 1 is 1.26 bits per heavy atom. The topological polar surface area (TPSA) is 89.2 Å². The summed E-state index contributed by atoms with van der Waals surface area (Å²) in [6.07, 6.45) is 0.353. The van der Waals surface area contributed by atoms with E-state index in [0.717, 1.165) is 23.4 Å². The fourth-order valence-electron chi connectivity index (χ4n) is 3.41. The smallest absolute Gasteiger partial charge is 0.416 e. The zero-order valence-electron chi connectivity index (χ0n) is 19.1. The highest BCUT2D eigenvalue weighted by Crippen LogP contribution is 2.33. The summed E-state index contributed by atoms with van der Waals surface area (Å²) in [5.41, 5.74) is 0.540. The number of allylic oxidation sites excluding steroid dienone is 2. The predicted octanol–water partition coefficient (Wildman–Crippen LogP) is 4.52. The van der Waals surface area contributed by atoms with E-state index in [2.05, 4.69) is 10.3 Å². The minimum atomic E-state index is -4.65. The van der Waals surface area contributed by atoms with Crippen molar-refractivity contribution >= 4 is 5.91 Å². The molecule has 2 N–H and O–H groups in total. The molecule has 0 spiro atoms. The highest BCUT2D eigenvalue weighted by atomic mass is 19.4. The minimum absolute atomic E-state index is 0.0508. The van der Waals surface area contributed by atoms with Gasteiger partial charge in [-0.15, -0.1) is 0 Å². The van der Waals surface area contributed by atoms with Crippen LogP contribution in [0.4, 0.5) is 13.2 Å². The summed E-state index contributed by atoms with van der Waals surface area (Å²) in [6.45, 7) is 7.06. The molecule has 0 aliphatic heterocycles. The molecule has 1 aromatic carbocycles. The highest BCUT2D eigenvalue weighted by Gasteiger charge is 2.32. The van der Waals surface area contributed by atoms with E-state index in [-0.39, 0.29) is 17.8 Å². The molecule has 1 atom stereocenters. The van der Waals surface area contributed by atoms with E-state index in [1.54, 1.807) is 17.7 Å². The Morgan fingerprint density at radius 3 is 2.56 bits per heavy atom. The number of hydrogen-bond donors (Lipinski definition) is 2. The molecule has 2 heterocycles. The molecule has 180 valence electrons. The van der Waals surface area contributed by atoms with Crippen molar-refractivity contribution in [1.29, 1.82) is 0 Å². The van der Waals surface area contributed by atoms with E-state index in [4.69, 9.17) is 0 Å². The maximum Gasteiger partial charge on any atom is 0.416 e. The highest BCUT2D eigenvalue weighted by molar-refractivity contribution is 5.93. The molecule has 0 aliphatic carbocycles. The van der Waals surface area contributed by atoms with Crippen molar-refractivity contribution in [2.24, 2.45) is 0 Å². The van der Waals surface area contributed by atoms with Gasteiger partial charge in [0.05, 0.1) is 23.6 Å². The zero-order chi connectivity index (χ0) is 25.2. The van der Waals surface area contributed by atoms with Crippen LogP contribution in [0.15, 0.2) is 59.3 Å². The molecule has 0 radical (unpaired) electrons. The molecule has 7 nitrogen and oxygen atoms in total. The molecular weight excluding hydrogens is 449 g/mol. The van der Waals surface area contributed by atoms with Gasteiger partial charge in [0.25, 0.3) is 11.5 Å². The molecule has 0 bridgehead atoms. The number of imidazole rings is 1. The van der Waals surface area contributed by atoms with Gasteiger partial charge in [0.1, 0.15) is 17.1 Å². The summed E-state index contributed by atoms with van der Waals surface area (Å²) in [4.78, 5) is 30.5. The van der Waals surface area contributed by atoms with E-state index in [9.17, 15) is 27.9 Å². The molecule has 0 fully saturated rings. The fraction of sp³-hybridized carbons (Fsp3) is 0.292. The summed E-state index contributed by atoms with van der Waals surface area (Å²) < 4.78 is 42.2. The van der Waals surface area contributed by atoms with Crippen molar-refractivity contribution in [3.63, 3.8) is 0 Å². The van der Waals surface area contributed by atoms with Gasteiger partial charge in [0, 0.05) is 12.7 Å². The monoisotopic (exact) mass is 474 g/mol. The van der Waals surface area contributed by atoms with Crippen molar-refractivity contribution in [2.45, 2.75) is 46.5 Å². The number of aromatic hydroxyl groups is 1. The normalized spacial score (nSPS) is 13.1. The standard InChI is InChI=1S/C24H25F3N4O3/c1-5-14(2)11-31-20(6-7-21(23(31)34)30-12-15(3)28-13-30)22(33)29-16(4)17-8-18(24(25,26)27)10-19(32)9-17/h5-10,12-13,16,32H,11H2,1-4H3,(H,29,33)/b14-5-. The summed E-state index contributed by atoms with van der Waals surface area (Å²) in [5, 5.41) is 12.4. The largest absolute Gasteiger partial charge is 0.508 e. The summed E-state index contributed by atoms with van der Waals surface area (Å²) in [7, 11) is 0. The van der Waals surface area contributed by atoms with E-state index in [1.807, 2.05) is 19.9 Å². The van der Waals surface area contributed by atoms with Gasteiger partial charge >= 0.3 is 6.18 Å². The van der Waals surface area contributed by atoms with Crippen molar-refractivity contribution in [2.75, 3.05) is 0 Å². The van der Waals surface area contributed by atoms with Gasteiger partial charge in [-0.2, -0.15) is 13.2 Å². The van der Waals surface area contributed by atoms with Gasteiger partial charge < -0.3 is 15.0 Å². The number of benzene rings is 1. The van der Waals surface area contributed by atoms with Crippen LogP contribution in [0.5, 0.6) is 5.75 Å². The number of phenolic OH excluding ortho intramolecular Hbond substituents is 1. The van der Waals surface area contributed by atoms with E-state index in [0.29, 0.717) is 11.8 Å². The second kappa shape index (κ2) is 9.58. The van der Waals surface area contributed by atoms with Gasteiger partial charge in [-0.05, 0) is 63.6 Å². The third-order valence-electron chi connectivity index (χ3n) is 5.39. The summed E-state index contributed by atoms with van der Waals surface area (Å²) in [6, 6.07) is 4.75. The van der Waals surface area contributed by atoms with Crippen LogP contribution in [0.25, 0.3) is 5.69 Å². The summed E-state index contributed by atoms with van der Waals surface area (Å²) >= 11 is 0. The van der Waals surface area contributed by atoms with Crippen LogP contribution >= 0.6 is 0 Å². The van der Waals surface area contributed by atoms with Crippen molar-refractivity contribution in [3.8, 4) is 11.4 Å². The number of amides is 1. The SMILES string of the molecule is C/C=C(/C)Cn1c(C(=O)NC(C)c2cc(O)cc(C(F)(F)F)c2)ccc(-n2cnc(C)c2)c1=O. The van der Waals surface area contributed by atoms with E-state index < -0.39 is 35.0 Å². The van der Waals surface area contributed by atoms with Crippen LogP contribution in [0.1, 0.15) is 54.1 Å². The number of aromatic nitrogens is 3. The number of nitrogens with one attached hydrogen (secondary N) is 1. The van der Waals surface area contributed by atoms with Crippen LogP contribution in [-0.2, 0) is 12.7 Å². The van der Waals surface area contributed by atoms with E-state index >= 15 is 0 Å². The zero-order valence-corrected chi connectivity index (χ0v) is 19.1. The molecule has 0 saturated heterocycles. The molecule has 3 aromatic rings. The van der Waals surface area contributed by atoms with Crippen molar-refractivity contribution in [1.82, 2.24) is 19.4 Å². The number of pyridine rings is 1. The van der Waals surface area contributed by atoms with Crippen molar-refractivity contribution < 1.29 is 23.1 Å². The number of phenols is 1. The summed E-state index contributed by atoms with van der Waals surface area (Å²) in [5.74, 6) is -1.20. The number of hydrogen-bond acceptors (Lipinski definition) is 4. The lowest BCUT2D eigenvalue weighted by molar-refractivity contribution is -0.137. The number of alkyl halides is 3. The number of halogens is 3. The second-order valence-corrected chi connectivity index (χ2v) is 8.06. The Morgan fingerprint density at radius 2 is 1.97 bits per heavy atom. The van der Waals surface area contributed by atoms with Crippen LogP contribution in [0, 0.1) is 6.92 Å². The van der Waals surface area contributed by atoms with Crippen molar-refractivity contribution in [3.05, 3.63) is 87.4 Å². The molecule has 10 heteroatoms. The maximum atomic E-state index is 13.3. The third kappa shape index (κ3) is 5.38. The van der Waals surface area contributed by atoms with Gasteiger partial charge in [-0.1, -0.05) is 11.6 Å². The molecule has 1 amide bonds. The molecular formula is C24H25F3N4O3. The lowest BCUT2D eigenvalue weighted by Gasteiger charge is -2.19. The van der Waals surface area contributed by atoms with Gasteiger partial charge in [-0.25, -0.2) is 4.98 Å². The quantitative estimate of drug-likeness (QED) is 0.514. The number of aryl methyl sites for hydroxylation is 1. The number of carbonyl (C=O) groups is 1. The fourth-order valence-corrected chi connectivity index (χ4v) is 3.41.